The summed E-state index contributed by atoms with van der Waals surface area (Å²) in [6, 6.07) is 0. The predicted octanol–water partition coefficient (Wildman–Crippen LogP) is 17.7. The van der Waals surface area contributed by atoms with Crippen LogP contribution in [0.4, 0.5) is 0 Å². The van der Waals surface area contributed by atoms with Crippen molar-refractivity contribution in [2.24, 2.45) is 0 Å². The lowest BCUT2D eigenvalue weighted by atomic mass is 10.0. The van der Waals surface area contributed by atoms with E-state index >= 15 is 0 Å². The van der Waals surface area contributed by atoms with E-state index in [2.05, 4.69) is 57.2 Å². The molecule has 0 aromatic carbocycles. The van der Waals surface area contributed by atoms with Crippen molar-refractivity contribution in [1.29, 1.82) is 0 Å². The third kappa shape index (κ3) is 48.7. The van der Waals surface area contributed by atoms with E-state index in [1.165, 1.54) is 161 Å². The highest BCUT2D eigenvalue weighted by atomic mass is 16.6. The predicted molar refractivity (Wildman–Crippen MR) is 266 cm³/mol. The van der Waals surface area contributed by atoms with E-state index in [0.29, 0.717) is 19.3 Å². The van der Waals surface area contributed by atoms with Gasteiger partial charge in [-0.2, -0.15) is 0 Å². The van der Waals surface area contributed by atoms with E-state index in [-0.39, 0.29) is 31.1 Å². The van der Waals surface area contributed by atoms with Gasteiger partial charge in [-0.15, -0.1) is 0 Å². The molecule has 0 bridgehead atoms. The Hall–Kier alpha value is -2.37. The largest absolute Gasteiger partial charge is 0.462 e. The van der Waals surface area contributed by atoms with Crippen LogP contribution in [0, 0.1) is 0 Å². The molecule has 0 saturated heterocycles. The molecule has 0 fully saturated rings. The van der Waals surface area contributed by atoms with Gasteiger partial charge in [0.1, 0.15) is 13.2 Å². The van der Waals surface area contributed by atoms with Gasteiger partial charge in [0.15, 0.2) is 6.10 Å². The number of hydrogen-bond donors (Lipinski definition) is 0. The zero-order valence-corrected chi connectivity index (χ0v) is 41.4. The highest BCUT2D eigenvalue weighted by Crippen LogP contribution is 2.17. The molecule has 0 N–H and O–H groups in total. The Morgan fingerprint density at radius 3 is 0.968 bits per heavy atom. The van der Waals surface area contributed by atoms with Crippen molar-refractivity contribution in [3.05, 3.63) is 36.5 Å². The first-order valence-corrected chi connectivity index (χ1v) is 27.0. The van der Waals surface area contributed by atoms with Crippen molar-refractivity contribution in [1.82, 2.24) is 0 Å². The summed E-state index contributed by atoms with van der Waals surface area (Å²) in [4.78, 5) is 38.0. The number of ether oxygens (including phenoxy) is 3. The van der Waals surface area contributed by atoms with Gasteiger partial charge in [0, 0.05) is 19.3 Å². The molecule has 0 spiro atoms. The quantitative estimate of drug-likeness (QED) is 0.0262. The Balaban J connectivity index is 4.35. The normalized spacial score (nSPS) is 12.2. The average molecular weight is 871 g/mol. The van der Waals surface area contributed by atoms with E-state index in [4.69, 9.17) is 14.2 Å². The summed E-state index contributed by atoms with van der Waals surface area (Å²) >= 11 is 0. The van der Waals surface area contributed by atoms with Crippen molar-refractivity contribution in [3.63, 3.8) is 0 Å². The van der Waals surface area contributed by atoms with Crippen LogP contribution in [0.1, 0.15) is 284 Å². The van der Waals surface area contributed by atoms with E-state index in [1.54, 1.807) is 0 Å². The van der Waals surface area contributed by atoms with Crippen molar-refractivity contribution < 1.29 is 28.6 Å². The Bertz CT molecular complexity index is 1050. The lowest BCUT2D eigenvalue weighted by Crippen LogP contribution is -2.30. The molecule has 6 heteroatoms. The number of hydrogen-bond acceptors (Lipinski definition) is 6. The van der Waals surface area contributed by atoms with Crippen molar-refractivity contribution >= 4 is 17.9 Å². The molecule has 0 aromatic heterocycles. The second kappa shape index (κ2) is 51.3. The van der Waals surface area contributed by atoms with Crippen LogP contribution in [0.3, 0.4) is 0 Å². The van der Waals surface area contributed by atoms with Crippen LogP contribution in [-0.2, 0) is 28.6 Å². The average Bonchev–Trinajstić information content (AvgIpc) is 3.27. The van der Waals surface area contributed by atoms with Crippen LogP contribution >= 0.6 is 0 Å². The molecule has 6 nitrogen and oxygen atoms in total. The van der Waals surface area contributed by atoms with Gasteiger partial charge < -0.3 is 14.2 Å². The van der Waals surface area contributed by atoms with Gasteiger partial charge in [0.2, 0.25) is 0 Å². The van der Waals surface area contributed by atoms with E-state index in [0.717, 1.165) is 83.5 Å². The summed E-state index contributed by atoms with van der Waals surface area (Å²) in [6.45, 7) is 6.53. The fraction of sp³-hybridized carbons (Fsp3) is 0.839. The first-order valence-electron chi connectivity index (χ1n) is 27.0. The fourth-order valence-corrected chi connectivity index (χ4v) is 7.91. The maximum atomic E-state index is 12.8. The minimum absolute atomic E-state index is 0.0742. The second-order valence-corrected chi connectivity index (χ2v) is 18.2. The second-order valence-electron chi connectivity index (χ2n) is 18.2. The Kier molecular flexibility index (Phi) is 49.3. The molecule has 0 aliphatic rings. The van der Waals surface area contributed by atoms with Crippen molar-refractivity contribution in [2.75, 3.05) is 13.2 Å². The van der Waals surface area contributed by atoms with E-state index in [9.17, 15) is 14.4 Å². The van der Waals surface area contributed by atoms with Crippen molar-refractivity contribution in [2.45, 2.75) is 290 Å². The topological polar surface area (TPSA) is 78.9 Å². The number of rotatable bonds is 49. The number of allylic oxidation sites excluding steroid dienone is 6. The number of unbranched alkanes of at least 4 members (excludes halogenated alkanes) is 34. The third-order valence-corrected chi connectivity index (χ3v) is 12.0. The molecule has 0 amide bonds. The molecular weight excluding hydrogens is 769 g/mol. The molecule has 0 rings (SSSR count). The summed E-state index contributed by atoms with van der Waals surface area (Å²) < 4.78 is 16.8. The lowest BCUT2D eigenvalue weighted by Gasteiger charge is -2.18. The van der Waals surface area contributed by atoms with Crippen LogP contribution in [0.25, 0.3) is 0 Å². The van der Waals surface area contributed by atoms with Gasteiger partial charge in [-0.25, -0.2) is 0 Å². The maximum absolute atomic E-state index is 12.8. The molecular formula is C56H102O6. The van der Waals surface area contributed by atoms with E-state index in [1.807, 2.05) is 0 Å². The van der Waals surface area contributed by atoms with Crippen LogP contribution in [0.5, 0.6) is 0 Å². The summed E-state index contributed by atoms with van der Waals surface area (Å²) in [5, 5.41) is 0. The van der Waals surface area contributed by atoms with Gasteiger partial charge in [-0.3, -0.25) is 14.4 Å². The number of carbonyl (C=O) groups excluding carboxylic acids is 3. The SMILES string of the molecule is CC\C=C/C=C\C=C/CCCCCCCC(=O)OCC(COC(=O)CCCCCCCCCCCCCCCCCC)OC(=O)CCCCCCCCCCCCCCCCC. The molecule has 0 aromatic rings. The Morgan fingerprint density at radius 2 is 0.629 bits per heavy atom. The smallest absolute Gasteiger partial charge is 0.306 e. The molecule has 0 aliphatic heterocycles. The molecule has 1 unspecified atom stereocenters. The summed E-state index contributed by atoms with van der Waals surface area (Å²) in [5.74, 6) is -0.880. The monoisotopic (exact) mass is 871 g/mol. The summed E-state index contributed by atoms with van der Waals surface area (Å²) in [7, 11) is 0. The highest BCUT2D eigenvalue weighted by Gasteiger charge is 2.19. The minimum Gasteiger partial charge on any atom is -0.462 e. The standard InChI is InChI=1S/C56H102O6/c1-4-7-10-13-16-19-22-25-27-29-31-34-37-40-43-46-49-55(58)61-52-53(51-60-54(57)48-45-42-39-36-33-30-24-21-18-15-12-9-6-3)62-56(59)50-47-44-41-38-35-32-28-26-23-20-17-14-11-8-5-2/h9,12,15,18,21,24,53H,4-8,10-11,13-14,16-17,19-20,22-23,25-52H2,1-3H3/b12-9-,18-15-,24-21-. The fourth-order valence-electron chi connectivity index (χ4n) is 7.91. The Labute approximate surface area is 385 Å². The summed E-state index contributed by atoms with van der Waals surface area (Å²) in [6.07, 6.45) is 59.9. The molecule has 0 radical (unpaired) electrons. The van der Waals surface area contributed by atoms with Gasteiger partial charge in [-0.1, -0.05) is 263 Å². The highest BCUT2D eigenvalue weighted by molar-refractivity contribution is 5.71. The number of esters is 3. The van der Waals surface area contributed by atoms with Crippen LogP contribution in [0.2, 0.25) is 0 Å². The van der Waals surface area contributed by atoms with Crippen LogP contribution in [-0.4, -0.2) is 37.2 Å². The zero-order chi connectivity index (χ0) is 45.1. The molecule has 362 valence electrons. The first kappa shape index (κ1) is 59.6. The van der Waals surface area contributed by atoms with Gasteiger partial charge in [-0.05, 0) is 38.5 Å². The molecule has 1 atom stereocenters. The first-order chi connectivity index (χ1) is 30.5. The zero-order valence-electron chi connectivity index (χ0n) is 41.4. The molecule has 0 heterocycles. The molecule has 0 aliphatic carbocycles. The third-order valence-electron chi connectivity index (χ3n) is 12.0. The Morgan fingerprint density at radius 1 is 0.339 bits per heavy atom. The molecule has 62 heavy (non-hydrogen) atoms. The minimum atomic E-state index is -0.775. The van der Waals surface area contributed by atoms with Gasteiger partial charge in [0.05, 0.1) is 0 Å². The lowest BCUT2D eigenvalue weighted by molar-refractivity contribution is -0.167. The van der Waals surface area contributed by atoms with Crippen LogP contribution in [0.15, 0.2) is 36.5 Å². The van der Waals surface area contributed by atoms with Crippen LogP contribution < -0.4 is 0 Å². The van der Waals surface area contributed by atoms with Gasteiger partial charge in [0.25, 0.3) is 0 Å². The summed E-state index contributed by atoms with van der Waals surface area (Å²) in [5.41, 5.74) is 0. The van der Waals surface area contributed by atoms with Crippen molar-refractivity contribution in [3.8, 4) is 0 Å². The van der Waals surface area contributed by atoms with Gasteiger partial charge >= 0.3 is 17.9 Å². The maximum Gasteiger partial charge on any atom is 0.306 e. The van der Waals surface area contributed by atoms with E-state index < -0.39 is 6.10 Å². The number of carbonyl (C=O) groups is 3. The molecule has 0 saturated carbocycles.